The second-order valence-corrected chi connectivity index (χ2v) is 7.44. The van der Waals surface area contributed by atoms with E-state index >= 15 is 0 Å². The molecule has 31 heavy (non-hydrogen) atoms. The van der Waals surface area contributed by atoms with Gasteiger partial charge in [-0.25, -0.2) is 14.4 Å². The van der Waals surface area contributed by atoms with Crippen LogP contribution in [0.1, 0.15) is 25.0 Å². The Bertz CT molecular complexity index is 806. The molecule has 1 saturated heterocycles. The molecule has 2 aromatic rings. The van der Waals surface area contributed by atoms with Crippen molar-refractivity contribution in [3.8, 4) is 0 Å². The Labute approximate surface area is 202 Å². The second kappa shape index (κ2) is 13.5. The van der Waals surface area contributed by atoms with Gasteiger partial charge in [0.1, 0.15) is 11.6 Å². The number of pyridine rings is 1. The third kappa shape index (κ3) is 8.25. The first-order chi connectivity index (χ1) is 14.7. The number of aromatic nitrogens is 1. The van der Waals surface area contributed by atoms with Crippen molar-refractivity contribution in [1.29, 1.82) is 0 Å². The van der Waals surface area contributed by atoms with Crippen molar-refractivity contribution in [1.82, 2.24) is 20.5 Å². The molecule has 0 saturated carbocycles. The molecule has 0 atom stereocenters. The number of likely N-dealkylation sites (N-methyl/N-ethyl adjacent to an activating group) is 1. The summed E-state index contributed by atoms with van der Waals surface area (Å²) < 4.78 is 13.0. The minimum Gasteiger partial charge on any atom is -0.357 e. The van der Waals surface area contributed by atoms with Gasteiger partial charge in [0.05, 0.1) is 6.54 Å². The van der Waals surface area contributed by atoms with Crippen LogP contribution in [0.25, 0.3) is 0 Å². The summed E-state index contributed by atoms with van der Waals surface area (Å²) in [6.07, 6.45) is 2.69. The van der Waals surface area contributed by atoms with E-state index in [-0.39, 0.29) is 29.8 Å². The maximum absolute atomic E-state index is 13.0. The minimum atomic E-state index is -0.203. The van der Waals surface area contributed by atoms with E-state index in [2.05, 4.69) is 45.3 Å². The molecule has 1 aliphatic heterocycles. The molecule has 0 radical (unpaired) electrons. The molecule has 3 rings (SSSR count). The molecule has 0 amide bonds. The number of nitrogens with zero attached hydrogens (tertiary/aromatic N) is 4. The fourth-order valence-electron chi connectivity index (χ4n) is 3.51. The number of halogens is 2. The standard InChI is InChI=1S/C23H33FN6.HI/c1-3-25-23(27-12-9-19-5-7-21(24)8-6-19)28-18-20-10-11-26-22(17-20)30-15-13-29(4-2)14-16-30;/h5-8,10-11,17H,3-4,9,12-16,18H2,1-2H3,(H2,25,27,28);1H. The number of benzene rings is 1. The average molecular weight is 540 g/mol. The van der Waals surface area contributed by atoms with Gasteiger partial charge in [-0.3, -0.25) is 0 Å². The number of rotatable bonds is 8. The summed E-state index contributed by atoms with van der Waals surface area (Å²) in [5, 5.41) is 6.64. The highest BCUT2D eigenvalue weighted by molar-refractivity contribution is 14.0. The molecule has 0 unspecified atom stereocenters. The SMILES string of the molecule is CCNC(=NCc1ccnc(N2CCN(CC)CC2)c1)NCCc1ccc(F)cc1.I. The quantitative estimate of drug-likeness (QED) is 0.306. The zero-order valence-electron chi connectivity index (χ0n) is 18.5. The molecule has 1 aromatic heterocycles. The predicted octanol–water partition coefficient (Wildman–Crippen LogP) is 3.28. The van der Waals surface area contributed by atoms with Crippen LogP contribution in [0.2, 0.25) is 0 Å². The van der Waals surface area contributed by atoms with Gasteiger partial charge in [0, 0.05) is 45.5 Å². The molecule has 6 nitrogen and oxygen atoms in total. The van der Waals surface area contributed by atoms with Crippen molar-refractivity contribution in [3.05, 3.63) is 59.5 Å². The average Bonchev–Trinajstić information content (AvgIpc) is 2.79. The Morgan fingerprint density at radius 2 is 1.77 bits per heavy atom. The van der Waals surface area contributed by atoms with Crippen molar-refractivity contribution in [2.75, 3.05) is 50.7 Å². The summed E-state index contributed by atoms with van der Waals surface area (Å²) >= 11 is 0. The molecule has 2 heterocycles. The van der Waals surface area contributed by atoms with Gasteiger partial charge in [-0.05, 0) is 55.3 Å². The molecule has 0 bridgehead atoms. The lowest BCUT2D eigenvalue weighted by Crippen LogP contribution is -2.46. The number of hydrogen-bond donors (Lipinski definition) is 2. The topological polar surface area (TPSA) is 55.8 Å². The van der Waals surface area contributed by atoms with E-state index in [4.69, 9.17) is 4.99 Å². The third-order valence-electron chi connectivity index (χ3n) is 5.34. The number of nitrogens with one attached hydrogen (secondary N) is 2. The summed E-state index contributed by atoms with van der Waals surface area (Å²) in [5.74, 6) is 1.62. The van der Waals surface area contributed by atoms with Gasteiger partial charge in [-0.1, -0.05) is 19.1 Å². The summed E-state index contributed by atoms with van der Waals surface area (Å²) in [5.41, 5.74) is 2.25. The fourth-order valence-corrected chi connectivity index (χ4v) is 3.51. The number of guanidine groups is 1. The van der Waals surface area contributed by atoms with E-state index in [9.17, 15) is 4.39 Å². The van der Waals surface area contributed by atoms with Gasteiger partial charge in [0.15, 0.2) is 5.96 Å². The van der Waals surface area contributed by atoms with E-state index in [0.29, 0.717) is 6.54 Å². The second-order valence-electron chi connectivity index (χ2n) is 7.44. The zero-order chi connectivity index (χ0) is 21.2. The van der Waals surface area contributed by atoms with Gasteiger partial charge in [0.2, 0.25) is 0 Å². The van der Waals surface area contributed by atoms with Crippen LogP contribution >= 0.6 is 24.0 Å². The van der Waals surface area contributed by atoms with Crippen LogP contribution in [0.4, 0.5) is 10.2 Å². The molecule has 2 N–H and O–H groups in total. The van der Waals surface area contributed by atoms with Gasteiger partial charge < -0.3 is 20.4 Å². The van der Waals surface area contributed by atoms with E-state index in [1.807, 2.05) is 24.4 Å². The van der Waals surface area contributed by atoms with Gasteiger partial charge in [-0.2, -0.15) is 0 Å². The van der Waals surface area contributed by atoms with E-state index < -0.39 is 0 Å². The number of hydrogen-bond acceptors (Lipinski definition) is 4. The van der Waals surface area contributed by atoms with E-state index in [1.165, 1.54) is 12.1 Å². The van der Waals surface area contributed by atoms with Gasteiger partial charge >= 0.3 is 0 Å². The molecular weight excluding hydrogens is 506 g/mol. The number of aliphatic imine (C=N–C) groups is 1. The lowest BCUT2D eigenvalue weighted by Gasteiger charge is -2.34. The van der Waals surface area contributed by atoms with Crippen LogP contribution in [0, 0.1) is 5.82 Å². The first kappa shape index (κ1) is 25.3. The molecule has 0 aliphatic carbocycles. The Kier molecular flexibility index (Phi) is 11.0. The highest BCUT2D eigenvalue weighted by Gasteiger charge is 2.16. The Morgan fingerprint density at radius 1 is 1.03 bits per heavy atom. The largest absolute Gasteiger partial charge is 0.357 e. The monoisotopic (exact) mass is 540 g/mol. The highest BCUT2D eigenvalue weighted by Crippen LogP contribution is 2.15. The number of anilines is 1. The van der Waals surface area contributed by atoms with Crippen LogP contribution in [0.3, 0.4) is 0 Å². The van der Waals surface area contributed by atoms with Crippen molar-refractivity contribution in [3.63, 3.8) is 0 Å². The number of piperazine rings is 1. The van der Waals surface area contributed by atoms with Crippen molar-refractivity contribution in [2.45, 2.75) is 26.8 Å². The third-order valence-corrected chi connectivity index (χ3v) is 5.34. The van der Waals surface area contributed by atoms with Crippen molar-refractivity contribution in [2.24, 2.45) is 4.99 Å². The smallest absolute Gasteiger partial charge is 0.191 e. The molecule has 1 aromatic carbocycles. The van der Waals surface area contributed by atoms with Crippen LogP contribution < -0.4 is 15.5 Å². The van der Waals surface area contributed by atoms with Gasteiger partial charge in [0.25, 0.3) is 0 Å². The van der Waals surface area contributed by atoms with Crippen LogP contribution in [-0.4, -0.2) is 61.7 Å². The molecule has 1 fully saturated rings. The Hall–Kier alpha value is -1.94. The lowest BCUT2D eigenvalue weighted by molar-refractivity contribution is 0.270. The molecule has 170 valence electrons. The maximum Gasteiger partial charge on any atom is 0.191 e. The summed E-state index contributed by atoms with van der Waals surface area (Å²) in [4.78, 5) is 14.1. The first-order valence-electron chi connectivity index (χ1n) is 10.9. The van der Waals surface area contributed by atoms with Crippen LogP contribution in [0.5, 0.6) is 0 Å². The normalized spacial score (nSPS) is 14.8. The van der Waals surface area contributed by atoms with E-state index in [1.54, 1.807) is 0 Å². The predicted molar refractivity (Wildman–Crippen MR) is 137 cm³/mol. The lowest BCUT2D eigenvalue weighted by atomic mass is 10.1. The molecule has 1 aliphatic rings. The van der Waals surface area contributed by atoms with Crippen LogP contribution in [0.15, 0.2) is 47.6 Å². The Balaban J connectivity index is 0.00000341. The maximum atomic E-state index is 13.0. The molecular formula is C23H34FIN6. The van der Waals surface area contributed by atoms with Crippen molar-refractivity contribution < 1.29 is 4.39 Å². The first-order valence-corrected chi connectivity index (χ1v) is 10.9. The summed E-state index contributed by atoms with van der Waals surface area (Å²) in [7, 11) is 0. The summed E-state index contributed by atoms with van der Waals surface area (Å²) in [6.45, 7) is 11.7. The van der Waals surface area contributed by atoms with Crippen LogP contribution in [-0.2, 0) is 13.0 Å². The summed E-state index contributed by atoms with van der Waals surface area (Å²) in [6, 6.07) is 10.8. The Morgan fingerprint density at radius 3 is 2.45 bits per heavy atom. The van der Waals surface area contributed by atoms with E-state index in [0.717, 1.165) is 75.1 Å². The van der Waals surface area contributed by atoms with Gasteiger partial charge in [-0.15, -0.1) is 24.0 Å². The fraction of sp³-hybridized carbons (Fsp3) is 0.478. The van der Waals surface area contributed by atoms with Crippen molar-refractivity contribution >= 4 is 35.8 Å². The minimum absolute atomic E-state index is 0. The zero-order valence-corrected chi connectivity index (χ0v) is 20.8. The molecule has 0 spiro atoms. The molecule has 8 heteroatoms. The highest BCUT2D eigenvalue weighted by atomic mass is 127.